The summed E-state index contributed by atoms with van der Waals surface area (Å²) in [5, 5.41) is 9.83. The number of ether oxygens (including phenoxy) is 2. The highest BCUT2D eigenvalue weighted by Gasteiger charge is 2.22. The third kappa shape index (κ3) is 7.54. The lowest BCUT2D eigenvalue weighted by Crippen LogP contribution is -2.47. The maximum atomic E-state index is 12.3. The number of benzene rings is 2. The summed E-state index contributed by atoms with van der Waals surface area (Å²) in [6.07, 6.45) is 2.05. The van der Waals surface area contributed by atoms with Crippen LogP contribution in [0.1, 0.15) is 56.5 Å². The van der Waals surface area contributed by atoms with E-state index < -0.39 is 0 Å². The van der Waals surface area contributed by atoms with Gasteiger partial charge in [-0.05, 0) is 62.1 Å². The molecule has 1 fully saturated rings. The van der Waals surface area contributed by atoms with Crippen LogP contribution < -0.4 is 9.64 Å². The summed E-state index contributed by atoms with van der Waals surface area (Å²) in [5.41, 5.74) is 2.56. The minimum atomic E-state index is -0.251. The number of hydrogen-bond donors (Lipinski definition) is 1. The Bertz CT molecular complexity index is 921. The van der Waals surface area contributed by atoms with Gasteiger partial charge < -0.3 is 19.5 Å². The Morgan fingerprint density at radius 2 is 1.74 bits per heavy atom. The lowest BCUT2D eigenvalue weighted by molar-refractivity contribution is 0.0527. The second kappa shape index (κ2) is 12.9. The van der Waals surface area contributed by atoms with Crippen molar-refractivity contribution in [3.63, 3.8) is 0 Å². The lowest BCUT2D eigenvalue weighted by atomic mass is 9.86. The molecule has 6 nitrogen and oxygen atoms in total. The van der Waals surface area contributed by atoms with Crippen molar-refractivity contribution in [3.8, 4) is 11.5 Å². The highest BCUT2D eigenvalue weighted by atomic mass is 35.5. The molecule has 0 aliphatic carbocycles. The fourth-order valence-electron chi connectivity index (χ4n) is 4.19. The molecule has 7 heteroatoms. The number of rotatable bonds is 9. The van der Waals surface area contributed by atoms with Crippen LogP contribution in [-0.2, 0) is 10.2 Å². The van der Waals surface area contributed by atoms with Gasteiger partial charge in [-0.25, -0.2) is 4.79 Å². The van der Waals surface area contributed by atoms with Crippen LogP contribution in [0.15, 0.2) is 42.5 Å². The number of halogens is 1. The van der Waals surface area contributed by atoms with Crippen LogP contribution in [0.2, 0.25) is 0 Å². The van der Waals surface area contributed by atoms with Crippen LogP contribution in [0.5, 0.6) is 11.5 Å². The van der Waals surface area contributed by atoms with Crippen LogP contribution >= 0.6 is 12.4 Å². The SMILES string of the molecule is CCOC(=O)c1ccccc1N1CCN(CCCCOc2ccc(O)cc2C(C)(C)C)CC1.Cl. The molecule has 0 aromatic heterocycles. The highest BCUT2D eigenvalue weighted by molar-refractivity contribution is 5.95. The van der Waals surface area contributed by atoms with Crippen LogP contribution in [0, 0.1) is 0 Å². The van der Waals surface area contributed by atoms with Crippen LogP contribution in [0.3, 0.4) is 0 Å². The summed E-state index contributed by atoms with van der Waals surface area (Å²) in [6.45, 7) is 14.0. The van der Waals surface area contributed by atoms with Gasteiger partial charge in [0.2, 0.25) is 0 Å². The first-order chi connectivity index (χ1) is 15.8. The fourth-order valence-corrected chi connectivity index (χ4v) is 4.19. The quantitative estimate of drug-likeness (QED) is 0.381. The Hall–Kier alpha value is -2.44. The number of para-hydroxylation sites is 1. The zero-order valence-electron chi connectivity index (χ0n) is 20.9. The number of esters is 1. The number of phenols is 1. The fraction of sp³-hybridized carbons (Fsp3) is 0.519. The Balaban J connectivity index is 0.00000408. The molecule has 1 N–H and O–H groups in total. The Kier molecular flexibility index (Phi) is 10.5. The number of nitrogens with zero attached hydrogens (tertiary/aromatic N) is 2. The number of hydrogen-bond acceptors (Lipinski definition) is 6. The van der Waals surface area contributed by atoms with Crippen LogP contribution in [0.4, 0.5) is 5.69 Å². The first-order valence-electron chi connectivity index (χ1n) is 12.0. The summed E-state index contributed by atoms with van der Waals surface area (Å²) in [4.78, 5) is 17.0. The van der Waals surface area contributed by atoms with Gasteiger partial charge in [0.15, 0.2) is 0 Å². The molecule has 3 rings (SSSR count). The van der Waals surface area contributed by atoms with E-state index >= 15 is 0 Å². The van der Waals surface area contributed by atoms with E-state index in [-0.39, 0.29) is 29.5 Å². The summed E-state index contributed by atoms with van der Waals surface area (Å²) >= 11 is 0. The number of anilines is 1. The second-order valence-corrected chi connectivity index (χ2v) is 9.55. The van der Waals surface area contributed by atoms with Gasteiger partial charge in [-0.3, -0.25) is 4.90 Å². The molecule has 0 radical (unpaired) electrons. The summed E-state index contributed by atoms with van der Waals surface area (Å²) in [6, 6.07) is 13.1. The number of piperazine rings is 1. The Labute approximate surface area is 210 Å². The largest absolute Gasteiger partial charge is 0.508 e. The van der Waals surface area contributed by atoms with E-state index in [1.54, 1.807) is 12.1 Å². The summed E-state index contributed by atoms with van der Waals surface area (Å²) < 4.78 is 11.3. The summed E-state index contributed by atoms with van der Waals surface area (Å²) in [7, 11) is 0. The molecule has 1 aliphatic rings. The van der Waals surface area contributed by atoms with Crippen molar-refractivity contribution >= 4 is 24.1 Å². The van der Waals surface area contributed by atoms with Crippen molar-refractivity contribution in [2.45, 2.75) is 46.0 Å². The van der Waals surface area contributed by atoms with Gasteiger partial charge in [0.1, 0.15) is 11.5 Å². The number of carbonyl (C=O) groups is 1. The molecule has 0 bridgehead atoms. The van der Waals surface area contributed by atoms with Gasteiger partial charge >= 0.3 is 5.97 Å². The third-order valence-electron chi connectivity index (χ3n) is 6.01. The average molecular weight is 491 g/mol. The maximum Gasteiger partial charge on any atom is 0.340 e. The Morgan fingerprint density at radius 1 is 1.03 bits per heavy atom. The average Bonchev–Trinajstić information content (AvgIpc) is 2.79. The van der Waals surface area contributed by atoms with Crippen molar-refractivity contribution < 1.29 is 19.4 Å². The molecule has 0 atom stereocenters. The van der Waals surface area contributed by atoms with Gasteiger partial charge in [-0.1, -0.05) is 32.9 Å². The van der Waals surface area contributed by atoms with Crippen molar-refractivity contribution in [1.82, 2.24) is 4.90 Å². The number of unbranched alkanes of at least 4 members (excludes halogenated alkanes) is 1. The first kappa shape index (κ1) is 27.8. The molecule has 2 aromatic rings. The molecule has 0 saturated carbocycles. The van der Waals surface area contributed by atoms with E-state index in [2.05, 4.69) is 30.6 Å². The lowest BCUT2D eigenvalue weighted by Gasteiger charge is -2.36. The molecule has 0 spiro atoms. The maximum absolute atomic E-state index is 12.3. The molecular weight excluding hydrogens is 452 g/mol. The zero-order chi connectivity index (χ0) is 23.8. The molecule has 0 amide bonds. The van der Waals surface area contributed by atoms with Crippen molar-refractivity contribution in [2.75, 3.05) is 50.8 Å². The van der Waals surface area contributed by atoms with Gasteiger partial charge in [-0.2, -0.15) is 0 Å². The molecule has 1 saturated heterocycles. The van der Waals surface area contributed by atoms with Gasteiger partial charge in [-0.15, -0.1) is 12.4 Å². The smallest absolute Gasteiger partial charge is 0.340 e. The minimum absolute atomic E-state index is 0. The van der Waals surface area contributed by atoms with E-state index in [0.29, 0.717) is 18.8 Å². The number of carbonyl (C=O) groups excluding carboxylic acids is 1. The standard InChI is InChI=1S/C27H38N2O4.ClH/c1-5-32-26(31)22-10-6-7-11-24(22)29-17-15-28(16-18-29)14-8-9-19-33-25-13-12-21(30)20-23(25)27(2,3)4;/h6-7,10-13,20,30H,5,8-9,14-19H2,1-4H3;1H. The predicted molar refractivity (Wildman–Crippen MR) is 140 cm³/mol. The van der Waals surface area contributed by atoms with Crippen molar-refractivity contribution in [1.29, 1.82) is 0 Å². The van der Waals surface area contributed by atoms with E-state index in [1.165, 1.54) is 0 Å². The zero-order valence-corrected chi connectivity index (χ0v) is 21.7. The first-order valence-corrected chi connectivity index (χ1v) is 12.0. The molecule has 1 aliphatic heterocycles. The van der Waals surface area contributed by atoms with E-state index in [9.17, 15) is 9.90 Å². The topological polar surface area (TPSA) is 62.2 Å². The summed E-state index contributed by atoms with van der Waals surface area (Å²) in [5.74, 6) is 0.879. The van der Waals surface area contributed by atoms with Crippen molar-refractivity contribution in [2.24, 2.45) is 0 Å². The molecular formula is C27H39ClN2O4. The second-order valence-electron chi connectivity index (χ2n) is 9.55. The minimum Gasteiger partial charge on any atom is -0.508 e. The molecule has 2 aromatic carbocycles. The monoisotopic (exact) mass is 490 g/mol. The third-order valence-corrected chi connectivity index (χ3v) is 6.01. The van der Waals surface area contributed by atoms with E-state index in [0.717, 1.165) is 62.6 Å². The molecule has 1 heterocycles. The molecule has 0 unspecified atom stereocenters. The Morgan fingerprint density at radius 3 is 2.41 bits per heavy atom. The highest BCUT2D eigenvalue weighted by Crippen LogP contribution is 2.34. The molecule has 34 heavy (non-hydrogen) atoms. The van der Waals surface area contributed by atoms with Crippen LogP contribution in [0.25, 0.3) is 0 Å². The van der Waals surface area contributed by atoms with E-state index in [1.807, 2.05) is 37.3 Å². The normalized spacial score (nSPS) is 14.4. The van der Waals surface area contributed by atoms with Crippen LogP contribution in [-0.4, -0.2) is 61.9 Å². The molecule has 188 valence electrons. The number of phenolic OH excluding ortho intramolecular Hbond substituents is 1. The van der Waals surface area contributed by atoms with Crippen molar-refractivity contribution in [3.05, 3.63) is 53.6 Å². The van der Waals surface area contributed by atoms with Gasteiger partial charge in [0, 0.05) is 31.7 Å². The van der Waals surface area contributed by atoms with Gasteiger partial charge in [0.25, 0.3) is 0 Å². The predicted octanol–water partition coefficient (Wildman–Crippen LogP) is 5.27. The van der Waals surface area contributed by atoms with Gasteiger partial charge in [0.05, 0.1) is 24.5 Å². The number of aromatic hydroxyl groups is 1. The van der Waals surface area contributed by atoms with E-state index in [4.69, 9.17) is 9.47 Å².